The van der Waals surface area contributed by atoms with Gasteiger partial charge in [-0.3, -0.25) is 8.78 Å². The highest BCUT2D eigenvalue weighted by Gasteiger charge is 2.25. The van der Waals surface area contributed by atoms with Gasteiger partial charge in [0.1, 0.15) is 0 Å². The standard InChI is InChI=1S/C12H20N4OS2/c17-19-8-6-15(7-9-19)11-13-14-12(18)16(11)10-4-2-1-3-5-10/h10H,1-9H2,(H,14,18). The molecule has 2 heterocycles. The Kier molecular flexibility index (Phi) is 4.02. The first-order chi connectivity index (χ1) is 9.25. The summed E-state index contributed by atoms with van der Waals surface area (Å²) in [7, 11) is -0.654. The van der Waals surface area contributed by atoms with E-state index >= 15 is 0 Å². The Labute approximate surface area is 120 Å². The molecule has 0 aromatic carbocycles. The molecular formula is C12H20N4OS2. The van der Waals surface area contributed by atoms with Gasteiger partial charge in [0.2, 0.25) is 5.95 Å². The number of anilines is 1. The highest BCUT2D eigenvalue weighted by molar-refractivity contribution is 7.85. The number of nitrogens with zero attached hydrogens (tertiary/aromatic N) is 3. The van der Waals surface area contributed by atoms with E-state index in [9.17, 15) is 4.21 Å². The number of aromatic nitrogens is 3. The number of nitrogens with one attached hydrogen (secondary N) is 1. The van der Waals surface area contributed by atoms with Gasteiger partial charge in [-0.15, -0.1) is 5.10 Å². The van der Waals surface area contributed by atoms with Gasteiger partial charge in [0.15, 0.2) is 4.77 Å². The number of aromatic amines is 1. The zero-order valence-electron chi connectivity index (χ0n) is 11.0. The molecule has 0 radical (unpaired) electrons. The second kappa shape index (κ2) is 5.75. The van der Waals surface area contributed by atoms with Crippen molar-refractivity contribution < 1.29 is 4.21 Å². The molecule has 1 aliphatic heterocycles. The third kappa shape index (κ3) is 2.76. The molecule has 1 aromatic rings. The van der Waals surface area contributed by atoms with Crippen molar-refractivity contribution in [2.75, 3.05) is 29.5 Å². The zero-order chi connectivity index (χ0) is 13.2. The summed E-state index contributed by atoms with van der Waals surface area (Å²) < 4.78 is 14.4. The van der Waals surface area contributed by atoms with Crippen LogP contribution in [0.3, 0.4) is 0 Å². The Balaban J connectivity index is 1.85. The van der Waals surface area contributed by atoms with Crippen molar-refractivity contribution in [1.82, 2.24) is 14.8 Å². The first-order valence-corrected chi connectivity index (χ1v) is 8.92. The van der Waals surface area contributed by atoms with Gasteiger partial charge in [0, 0.05) is 41.4 Å². The van der Waals surface area contributed by atoms with E-state index in [-0.39, 0.29) is 0 Å². The number of H-pyrrole nitrogens is 1. The van der Waals surface area contributed by atoms with Gasteiger partial charge in [-0.1, -0.05) is 19.3 Å². The Bertz CT molecular complexity index is 508. The molecule has 3 rings (SSSR count). The van der Waals surface area contributed by atoms with Crippen LogP contribution in [0.5, 0.6) is 0 Å². The smallest absolute Gasteiger partial charge is 0.226 e. The van der Waals surface area contributed by atoms with Gasteiger partial charge in [-0.25, -0.2) is 5.10 Å². The summed E-state index contributed by atoms with van der Waals surface area (Å²) in [5.74, 6) is 2.43. The van der Waals surface area contributed by atoms with Gasteiger partial charge >= 0.3 is 0 Å². The minimum atomic E-state index is -0.654. The lowest BCUT2D eigenvalue weighted by atomic mass is 9.95. The number of rotatable bonds is 2. The summed E-state index contributed by atoms with van der Waals surface area (Å²) in [6.07, 6.45) is 6.28. The molecule has 0 atom stereocenters. The normalized spacial score (nSPS) is 22.8. The predicted molar refractivity (Wildman–Crippen MR) is 79.6 cm³/mol. The fourth-order valence-corrected chi connectivity index (χ4v) is 4.35. The first kappa shape index (κ1) is 13.3. The van der Waals surface area contributed by atoms with Crippen molar-refractivity contribution in [2.45, 2.75) is 38.1 Å². The molecule has 1 saturated carbocycles. The Morgan fingerprint density at radius 2 is 1.89 bits per heavy atom. The van der Waals surface area contributed by atoms with Gasteiger partial charge < -0.3 is 4.90 Å². The maximum atomic E-state index is 11.5. The number of hydrogen-bond acceptors (Lipinski definition) is 4. The van der Waals surface area contributed by atoms with Crippen LogP contribution in [0.25, 0.3) is 0 Å². The lowest BCUT2D eigenvalue weighted by Crippen LogP contribution is -2.39. The van der Waals surface area contributed by atoms with Crippen LogP contribution in [0.2, 0.25) is 0 Å². The van der Waals surface area contributed by atoms with Crippen LogP contribution in [0.4, 0.5) is 5.95 Å². The minimum absolute atomic E-state index is 0.488. The van der Waals surface area contributed by atoms with Crippen molar-refractivity contribution in [3.05, 3.63) is 4.77 Å². The van der Waals surface area contributed by atoms with Crippen molar-refractivity contribution >= 4 is 29.0 Å². The summed E-state index contributed by atoms with van der Waals surface area (Å²) in [5.41, 5.74) is 0. The molecule has 0 spiro atoms. The summed E-state index contributed by atoms with van der Waals surface area (Å²) in [6.45, 7) is 1.64. The molecule has 0 amide bonds. The lowest BCUT2D eigenvalue weighted by Gasteiger charge is -2.30. The quantitative estimate of drug-likeness (QED) is 0.849. The fourth-order valence-electron chi connectivity index (χ4n) is 3.03. The average Bonchev–Trinajstić information content (AvgIpc) is 2.82. The van der Waals surface area contributed by atoms with E-state index in [1.54, 1.807) is 0 Å². The van der Waals surface area contributed by atoms with Crippen LogP contribution in [-0.4, -0.2) is 43.6 Å². The largest absolute Gasteiger partial charge is 0.339 e. The molecule has 1 aliphatic carbocycles. The van der Waals surface area contributed by atoms with Crippen molar-refractivity contribution in [2.24, 2.45) is 0 Å². The van der Waals surface area contributed by atoms with E-state index in [2.05, 4.69) is 19.7 Å². The van der Waals surface area contributed by atoms with E-state index in [1.807, 2.05) is 0 Å². The first-order valence-electron chi connectivity index (χ1n) is 7.02. The molecule has 19 heavy (non-hydrogen) atoms. The van der Waals surface area contributed by atoms with Crippen LogP contribution in [-0.2, 0) is 10.8 Å². The van der Waals surface area contributed by atoms with Gasteiger partial charge in [0.05, 0.1) is 0 Å². The summed E-state index contributed by atoms with van der Waals surface area (Å²) in [6, 6.07) is 0.488. The molecule has 2 aliphatic rings. The van der Waals surface area contributed by atoms with Crippen LogP contribution in [0.1, 0.15) is 38.1 Å². The minimum Gasteiger partial charge on any atom is -0.339 e. The molecule has 0 bridgehead atoms. The predicted octanol–water partition coefficient (Wildman–Crippen LogP) is 2.01. The van der Waals surface area contributed by atoms with Crippen LogP contribution < -0.4 is 4.90 Å². The van der Waals surface area contributed by atoms with Crippen LogP contribution >= 0.6 is 12.2 Å². The third-order valence-electron chi connectivity index (χ3n) is 4.09. The van der Waals surface area contributed by atoms with Crippen molar-refractivity contribution in [3.8, 4) is 0 Å². The third-order valence-corrected chi connectivity index (χ3v) is 5.65. The zero-order valence-corrected chi connectivity index (χ0v) is 12.6. The maximum Gasteiger partial charge on any atom is 0.226 e. The Morgan fingerprint density at radius 3 is 2.58 bits per heavy atom. The Hall–Kier alpha value is -0.690. The molecule has 106 valence electrons. The summed E-state index contributed by atoms with van der Waals surface area (Å²) in [5, 5.41) is 7.35. The van der Waals surface area contributed by atoms with Crippen LogP contribution in [0, 0.1) is 4.77 Å². The highest BCUT2D eigenvalue weighted by Crippen LogP contribution is 2.31. The summed E-state index contributed by atoms with van der Waals surface area (Å²) >= 11 is 5.40. The Morgan fingerprint density at radius 1 is 1.21 bits per heavy atom. The average molecular weight is 300 g/mol. The highest BCUT2D eigenvalue weighted by atomic mass is 32.2. The van der Waals surface area contributed by atoms with E-state index < -0.39 is 10.8 Å². The molecule has 5 nitrogen and oxygen atoms in total. The van der Waals surface area contributed by atoms with Crippen molar-refractivity contribution in [1.29, 1.82) is 0 Å². The monoisotopic (exact) mass is 300 g/mol. The molecular weight excluding hydrogens is 280 g/mol. The maximum absolute atomic E-state index is 11.5. The van der Waals surface area contributed by atoms with E-state index in [4.69, 9.17) is 12.2 Å². The SMILES string of the molecule is O=S1CCN(c2n[nH]c(=S)n2C2CCCCC2)CC1. The van der Waals surface area contributed by atoms with E-state index in [1.165, 1.54) is 32.1 Å². The molecule has 1 aromatic heterocycles. The van der Waals surface area contributed by atoms with Gasteiger partial charge in [-0.05, 0) is 25.1 Å². The van der Waals surface area contributed by atoms with E-state index in [0.717, 1.165) is 35.3 Å². The van der Waals surface area contributed by atoms with Crippen LogP contribution in [0.15, 0.2) is 0 Å². The second-order valence-electron chi connectivity index (χ2n) is 5.33. The van der Waals surface area contributed by atoms with Gasteiger partial charge in [-0.2, -0.15) is 0 Å². The molecule has 1 N–H and O–H groups in total. The molecule has 1 saturated heterocycles. The fraction of sp³-hybridized carbons (Fsp3) is 0.833. The summed E-state index contributed by atoms with van der Waals surface area (Å²) in [4.78, 5) is 2.22. The van der Waals surface area contributed by atoms with Crippen molar-refractivity contribution in [3.63, 3.8) is 0 Å². The van der Waals surface area contributed by atoms with Gasteiger partial charge in [0.25, 0.3) is 0 Å². The second-order valence-corrected chi connectivity index (χ2v) is 7.41. The molecule has 2 fully saturated rings. The number of hydrogen-bond donors (Lipinski definition) is 1. The van der Waals surface area contributed by atoms with E-state index in [0.29, 0.717) is 6.04 Å². The molecule has 7 heteroatoms. The topological polar surface area (TPSA) is 53.9 Å². The lowest BCUT2D eigenvalue weighted by molar-refractivity contribution is 0.350. The molecule has 0 unspecified atom stereocenters.